The van der Waals surface area contributed by atoms with Crippen LogP contribution in [0.4, 0.5) is 0 Å². The number of carbonyl (C=O) groups excluding carboxylic acids is 1. The lowest BCUT2D eigenvalue weighted by Gasteiger charge is -2.17. The van der Waals surface area contributed by atoms with Gasteiger partial charge in [-0.05, 0) is 55.7 Å². The van der Waals surface area contributed by atoms with Crippen molar-refractivity contribution in [2.45, 2.75) is 26.4 Å². The predicted molar refractivity (Wildman–Crippen MR) is 110 cm³/mol. The van der Waals surface area contributed by atoms with E-state index in [0.29, 0.717) is 34.6 Å². The second-order valence-electron chi connectivity index (χ2n) is 6.47. The fourth-order valence-electron chi connectivity index (χ4n) is 2.71. The molecule has 0 aliphatic heterocycles. The minimum atomic E-state index is -0.791. The molecule has 0 aliphatic carbocycles. The Labute approximate surface area is 175 Å². The Kier molecular flexibility index (Phi) is 8.42. The summed E-state index contributed by atoms with van der Waals surface area (Å²) in [5.41, 5.74) is 1.86. The number of aliphatic hydroxyl groups excluding tert-OH is 1. The molecule has 0 bridgehead atoms. The maximum Gasteiger partial charge on any atom is 0.311 e. The van der Waals surface area contributed by atoms with Crippen LogP contribution in [-0.4, -0.2) is 37.5 Å². The first kappa shape index (κ1) is 22.3. The zero-order valence-electron chi connectivity index (χ0n) is 16.1. The SMILES string of the molecule is COC(=O)C(Cc1ccc(OCCOc2c(Cl)cc(C)cc2Cl)cc1)C(C)O. The van der Waals surface area contributed by atoms with Gasteiger partial charge in [-0.2, -0.15) is 0 Å². The number of hydrogen-bond acceptors (Lipinski definition) is 5. The summed E-state index contributed by atoms with van der Waals surface area (Å²) in [7, 11) is 1.31. The smallest absolute Gasteiger partial charge is 0.311 e. The molecule has 0 saturated heterocycles. The van der Waals surface area contributed by atoms with Crippen LogP contribution in [0.2, 0.25) is 10.0 Å². The molecule has 0 radical (unpaired) electrons. The van der Waals surface area contributed by atoms with Crippen LogP contribution in [0.15, 0.2) is 36.4 Å². The van der Waals surface area contributed by atoms with Gasteiger partial charge in [-0.3, -0.25) is 4.79 Å². The lowest BCUT2D eigenvalue weighted by molar-refractivity contribution is -0.148. The average molecular weight is 427 g/mol. The molecular weight excluding hydrogens is 403 g/mol. The monoisotopic (exact) mass is 426 g/mol. The molecule has 0 saturated carbocycles. The van der Waals surface area contributed by atoms with Crippen LogP contribution in [0.3, 0.4) is 0 Å². The minimum absolute atomic E-state index is 0.288. The van der Waals surface area contributed by atoms with E-state index in [1.807, 2.05) is 19.1 Å². The molecule has 0 aliphatic rings. The maximum absolute atomic E-state index is 11.7. The van der Waals surface area contributed by atoms with E-state index in [9.17, 15) is 9.90 Å². The van der Waals surface area contributed by atoms with Gasteiger partial charge in [0.15, 0.2) is 5.75 Å². The predicted octanol–water partition coefficient (Wildman–Crippen LogP) is 4.47. The quantitative estimate of drug-likeness (QED) is 0.473. The van der Waals surface area contributed by atoms with Crippen molar-refractivity contribution in [3.63, 3.8) is 0 Å². The van der Waals surface area contributed by atoms with Gasteiger partial charge < -0.3 is 19.3 Å². The van der Waals surface area contributed by atoms with Gasteiger partial charge in [0.05, 0.1) is 29.2 Å². The number of carbonyl (C=O) groups is 1. The van der Waals surface area contributed by atoms with Crippen LogP contribution in [-0.2, 0) is 16.0 Å². The Morgan fingerprint density at radius 3 is 2.18 bits per heavy atom. The van der Waals surface area contributed by atoms with Gasteiger partial charge in [-0.1, -0.05) is 35.3 Å². The second kappa shape index (κ2) is 10.6. The average Bonchev–Trinajstić information content (AvgIpc) is 2.65. The Hall–Kier alpha value is -1.95. The van der Waals surface area contributed by atoms with Crippen molar-refractivity contribution < 1.29 is 24.1 Å². The van der Waals surface area contributed by atoms with Gasteiger partial charge in [0, 0.05) is 0 Å². The topological polar surface area (TPSA) is 65.0 Å². The summed E-state index contributed by atoms with van der Waals surface area (Å²) in [5.74, 6) is 0.0787. The molecule has 2 rings (SSSR count). The zero-order chi connectivity index (χ0) is 20.7. The fourth-order valence-corrected chi connectivity index (χ4v) is 3.41. The van der Waals surface area contributed by atoms with E-state index in [1.165, 1.54) is 7.11 Å². The summed E-state index contributed by atoms with van der Waals surface area (Å²) in [6.07, 6.45) is -0.404. The molecular formula is C21H24Cl2O5. The number of methoxy groups -OCH3 is 1. The molecule has 0 heterocycles. The first-order valence-corrected chi connectivity index (χ1v) is 9.63. The molecule has 2 aromatic rings. The molecule has 2 aromatic carbocycles. The highest BCUT2D eigenvalue weighted by molar-refractivity contribution is 6.37. The van der Waals surface area contributed by atoms with E-state index in [2.05, 4.69) is 0 Å². The third-order valence-corrected chi connectivity index (χ3v) is 4.77. The minimum Gasteiger partial charge on any atom is -0.490 e. The van der Waals surface area contributed by atoms with E-state index >= 15 is 0 Å². The number of aryl methyl sites for hydroxylation is 1. The van der Waals surface area contributed by atoms with Crippen molar-refractivity contribution in [3.8, 4) is 11.5 Å². The molecule has 5 nitrogen and oxygen atoms in total. The van der Waals surface area contributed by atoms with Gasteiger partial charge in [-0.15, -0.1) is 0 Å². The van der Waals surface area contributed by atoms with Crippen LogP contribution in [0.25, 0.3) is 0 Å². The van der Waals surface area contributed by atoms with Crippen LogP contribution in [0, 0.1) is 12.8 Å². The number of benzene rings is 2. The third kappa shape index (κ3) is 6.30. The molecule has 0 spiro atoms. The number of rotatable bonds is 9. The first-order chi connectivity index (χ1) is 13.3. The summed E-state index contributed by atoms with van der Waals surface area (Å²) in [6.45, 7) is 4.09. The number of hydrogen-bond donors (Lipinski definition) is 1. The second-order valence-corrected chi connectivity index (χ2v) is 7.29. The molecule has 2 atom stereocenters. The summed E-state index contributed by atoms with van der Waals surface area (Å²) in [6, 6.07) is 10.9. The lowest BCUT2D eigenvalue weighted by atomic mass is 9.95. The number of ether oxygens (including phenoxy) is 3. The van der Waals surface area contributed by atoms with Crippen LogP contribution >= 0.6 is 23.2 Å². The lowest BCUT2D eigenvalue weighted by Crippen LogP contribution is -2.29. The van der Waals surface area contributed by atoms with Crippen LogP contribution in [0.1, 0.15) is 18.1 Å². The molecule has 0 aromatic heterocycles. The number of halogens is 2. The molecule has 7 heteroatoms. The first-order valence-electron chi connectivity index (χ1n) is 8.88. The van der Waals surface area contributed by atoms with Gasteiger partial charge in [0.25, 0.3) is 0 Å². The van der Waals surface area contributed by atoms with Gasteiger partial charge in [-0.25, -0.2) is 0 Å². The Morgan fingerprint density at radius 2 is 1.64 bits per heavy atom. The number of aliphatic hydroxyl groups is 1. The highest BCUT2D eigenvalue weighted by atomic mass is 35.5. The molecule has 2 unspecified atom stereocenters. The summed E-state index contributed by atoms with van der Waals surface area (Å²) < 4.78 is 16.0. The number of esters is 1. The van der Waals surface area contributed by atoms with Crippen molar-refractivity contribution in [1.29, 1.82) is 0 Å². The van der Waals surface area contributed by atoms with E-state index in [-0.39, 0.29) is 6.61 Å². The molecule has 0 fully saturated rings. The summed E-state index contributed by atoms with van der Waals surface area (Å²) in [5, 5.41) is 10.7. The van der Waals surface area contributed by atoms with E-state index in [1.54, 1.807) is 31.2 Å². The van der Waals surface area contributed by atoms with Crippen molar-refractivity contribution >= 4 is 29.2 Å². The Morgan fingerprint density at radius 1 is 1.07 bits per heavy atom. The molecule has 28 heavy (non-hydrogen) atoms. The molecule has 0 amide bonds. The summed E-state index contributed by atoms with van der Waals surface area (Å²) in [4.78, 5) is 11.7. The third-order valence-electron chi connectivity index (χ3n) is 4.21. The summed E-state index contributed by atoms with van der Waals surface area (Å²) >= 11 is 12.3. The maximum atomic E-state index is 11.7. The Balaban J connectivity index is 1.85. The molecule has 152 valence electrons. The fraction of sp³-hybridized carbons (Fsp3) is 0.381. The van der Waals surface area contributed by atoms with Gasteiger partial charge >= 0.3 is 5.97 Å². The van der Waals surface area contributed by atoms with Gasteiger partial charge in [0.2, 0.25) is 0 Å². The molecule has 1 N–H and O–H groups in total. The highest BCUT2D eigenvalue weighted by Crippen LogP contribution is 2.33. The van der Waals surface area contributed by atoms with Crippen LogP contribution < -0.4 is 9.47 Å². The van der Waals surface area contributed by atoms with Crippen molar-refractivity contribution in [1.82, 2.24) is 0 Å². The Bertz CT molecular complexity index is 767. The van der Waals surface area contributed by atoms with Gasteiger partial charge in [0.1, 0.15) is 19.0 Å². The normalized spacial score (nSPS) is 12.9. The van der Waals surface area contributed by atoms with E-state index in [4.69, 9.17) is 37.4 Å². The van der Waals surface area contributed by atoms with Crippen molar-refractivity contribution in [2.24, 2.45) is 5.92 Å². The standard InChI is InChI=1S/C21H24Cl2O5/c1-13-10-18(22)20(19(23)11-13)28-9-8-27-16-6-4-15(5-7-16)12-17(14(2)24)21(25)26-3/h4-7,10-11,14,17,24H,8-9,12H2,1-3H3. The highest BCUT2D eigenvalue weighted by Gasteiger charge is 2.24. The van der Waals surface area contributed by atoms with Crippen molar-refractivity contribution in [3.05, 3.63) is 57.6 Å². The zero-order valence-corrected chi connectivity index (χ0v) is 17.6. The largest absolute Gasteiger partial charge is 0.490 e. The van der Waals surface area contributed by atoms with Crippen LogP contribution in [0.5, 0.6) is 11.5 Å². The van der Waals surface area contributed by atoms with E-state index < -0.39 is 18.0 Å². The van der Waals surface area contributed by atoms with Crippen molar-refractivity contribution in [2.75, 3.05) is 20.3 Å². The van der Waals surface area contributed by atoms with E-state index in [0.717, 1.165) is 11.1 Å².